The Bertz CT molecular complexity index is 1150. The number of hydrogen-bond donors (Lipinski definition) is 2. The van der Waals surface area contributed by atoms with Crippen molar-refractivity contribution in [2.75, 3.05) is 5.32 Å². The summed E-state index contributed by atoms with van der Waals surface area (Å²) in [5.74, 6) is -0.725. The summed E-state index contributed by atoms with van der Waals surface area (Å²) in [6.07, 6.45) is 0. The zero-order valence-corrected chi connectivity index (χ0v) is 17.0. The molecule has 0 unspecified atom stereocenters. The molecule has 0 heterocycles. The van der Waals surface area contributed by atoms with Crippen LogP contribution >= 0.6 is 0 Å². The molecule has 31 heavy (non-hydrogen) atoms. The van der Waals surface area contributed by atoms with Crippen LogP contribution in [0.15, 0.2) is 77.9 Å². The van der Waals surface area contributed by atoms with E-state index in [-0.39, 0.29) is 11.6 Å². The van der Waals surface area contributed by atoms with Crippen LogP contribution in [0.3, 0.4) is 0 Å². The first-order valence-electron chi connectivity index (χ1n) is 9.41. The standard InChI is InChI=1S/C23H20N4O4/c1-15-6-8-18(9-7-15)22(28)24-20-5-3-4-19(14-20)23(29)26-25-16(2)17-10-12-21(13-11-17)27(30)31/h3-14H,1-2H3,(H,24,28)(H,26,29)/b25-16-. The Labute approximate surface area is 178 Å². The van der Waals surface area contributed by atoms with Gasteiger partial charge in [-0.25, -0.2) is 5.43 Å². The number of amides is 2. The van der Waals surface area contributed by atoms with Gasteiger partial charge in [0.05, 0.1) is 10.6 Å². The van der Waals surface area contributed by atoms with E-state index in [1.807, 2.05) is 19.1 Å². The van der Waals surface area contributed by atoms with E-state index in [0.29, 0.717) is 28.1 Å². The normalized spacial score (nSPS) is 11.0. The zero-order valence-electron chi connectivity index (χ0n) is 17.0. The molecule has 8 heteroatoms. The minimum Gasteiger partial charge on any atom is -0.322 e. The maximum Gasteiger partial charge on any atom is 0.271 e. The molecule has 0 fully saturated rings. The number of benzene rings is 3. The van der Waals surface area contributed by atoms with Crippen LogP contribution in [0, 0.1) is 17.0 Å². The summed E-state index contributed by atoms with van der Waals surface area (Å²) in [5.41, 5.74) is 5.94. The highest BCUT2D eigenvalue weighted by Gasteiger charge is 2.10. The molecule has 0 saturated heterocycles. The molecule has 0 atom stereocenters. The molecule has 0 aliphatic carbocycles. The summed E-state index contributed by atoms with van der Waals surface area (Å²) < 4.78 is 0. The van der Waals surface area contributed by atoms with Crippen molar-refractivity contribution in [3.63, 3.8) is 0 Å². The Morgan fingerprint density at radius 1 is 0.871 bits per heavy atom. The fraction of sp³-hybridized carbons (Fsp3) is 0.0870. The number of carbonyl (C=O) groups excluding carboxylic acids is 2. The lowest BCUT2D eigenvalue weighted by Crippen LogP contribution is -2.20. The molecule has 2 N–H and O–H groups in total. The second kappa shape index (κ2) is 9.45. The predicted molar refractivity (Wildman–Crippen MR) is 118 cm³/mol. The average Bonchev–Trinajstić information content (AvgIpc) is 2.77. The summed E-state index contributed by atoms with van der Waals surface area (Å²) in [6, 6.07) is 19.5. The lowest BCUT2D eigenvalue weighted by atomic mass is 10.1. The van der Waals surface area contributed by atoms with Crippen molar-refractivity contribution in [1.82, 2.24) is 5.43 Å². The topological polar surface area (TPSA) is 114 Å². The number of rotatable bonds is 6. The maximum atomic E-state index is 12.4. The van der Waals surface area contributed by atoms with Crippen LogP contribution < -0.4 is 10.7 Å². The van der Waals surface area contributed by atoms with Crippen LogP contribution in [-0.2, 0) is 0 Å². The van der Waals surface area contributed by atoms with Gasteiger partial charge in [0.25, 0.3) is 17.5 Å². The number of nitrogens with zero attached hydrogens (tertiary/aromatic N) is 2. The smallest absolute Gasteiger partial charge is 0.271 e. The van der Waals surface area contributed by atoms with Gasteiger partial charge in [0.2, 0.25) is 0 Å². The fourth-order valence-electron chi connectivity index (χ4n) is 2.73. The average molecular weight is 416 g/mol. The third kappa shape index (κ3) is 5.60. The van der Waals surface area contributed by atoms with Crippen LogP contribution in [0.1, 0.15) is 38.8 Å². The van der Waals surface area contributed by atoms with Gasteiger partial charge in [-0.05, 0) is 61.9 Å². The molecule has 0 aromatic heterocycles. The zero-order chi connectivity index (χ0) is 22.4. The van der Waals surface area contributed by atoms with Crippen molar-refractivity contribution in [1.29, 1.82) is 0 Å². The second-order valence-corrected chi connectivity index (χ2v) is 6.84. The number of hydrazone groups is 1. The number of hydrogen-bond acceptors (Lipinski definition) is 5. The summed E-state index contributed by atoms with van der Waals surface area (Å²) >= 11 is 0. The minimum absolute atomic E-state index is 0.0231. The molecule has 3 aromatic carbocycles. The van der Waals surface area contributed by atoms with Crippen LogP contribution in [0.2, 0.25) is 0 Å². The van der Waals surface area contributed by atoms with Gasteiger partial charge in [0.1, 0.15) is 0 Å². The molecular weight excluding hydrogens is 396 g/mol. The minimum atomic E-state index is -0.484. The van der Waals surface area contributed by atoms with Crippen molar-refractivity contribution in [2.45, 2.75) is 13.8 Å². The van der Waals surface area contributed by atoms with Gasteiger partial charge in [-0.1, -0.05) is 23.8 Å². The molecule has 0 aliphatic heterocycles. The summed E-state index contributed by atoms with van der Waals surface area (Å²) in [5, 5.41) is 17.6. The van der Waals surface area contributed by atoms with Crippen LogP contribution in [-0.4, -0.2) is 22.4 Å². The van der Waals surface area contributed by atoms with Crippen LogP contribution in [0.4, 0.5) is 11.4 Å². The number of nitro groups is 1. The van der Waals surface area contributed by atoms with Crippen molar-refractivity contribution >= 4 is 28.9 Å². The quantitative estimate of drug-likeness (QED) is 0.354. The number of non-ortho nitro benzene ring substituents is 1. The van der Waals surface area contributed by atoms with E-state index in [4.69, 9.17) is 0 Å². The molecule has 3 rings (SSSR count). The lowest BCUT2D eigenvalue weighted by Gasteiger charge is -2.08. The third-order valence-electron chi connectivity index (χ3n) is 4.52. The van der Waals surface area contributed by atoms with Gasteiger partial charge < -0.3 is 5.32 Å². The highest BCUT2D eigenvalue weighted by molar-refractivity contribution is 6.05. The fourth-order valence-corrected chi connectivity index (χ4v) is 2.73. The molecule has 8 nitrogen and oxygen atoms in total. The van der Waals surface area contributed by atoms with Gasteiger partial charge in [-0.3, -0.25) is 19.7 Å². The van der Waals surface area contributed by atoms with Crippen molar-refractivity contribution in [3.05, 3.63) is 105 Å². The first-order chi connectivity index (χ1) is 14.8. The number of aryl methyl sites for hydroxylation is 1. The van der Waals surface area contributed by atoms with Crippen LogP contribution in [0.5, 0.6) is 0 Å². The number of carbonyl (C=O) groups is 2. The maximum absolute atomic E-state index is 12.4. The highest BCUT2D eigenvalue weighted by Crippen LogP contribution is 2.14. The predicted octanol–water partition coefficient (Wildman–Crippen LogP) is 4.31. The molecule has 0 aliphatic rings. The number of anilines is 1. The first-order valence-corrected chi connectivity index (χ1v) is 9.41. The number of nitro benzene ring substituents is 1. The Hall–Kier alpha value is -4.33. The monoisotopic (exact) mass is 416 g/mol. The lowest BCUT2D eigenvalue weighted by molar-refractivity contribution is -0.384. The molecule has 2 amide bonds. The molecule has 0 spiro atoms. The van der Waals surface area contributed by atoms with E-state index in [0.717, 1.165) is 5.56 Å². The molecule has 0 radical (unpaired) electrons. The van der Waals surface area contributed by atoms with E-state index < -0.39 is 10.8 Å². The second-order valence-electron chi connectivity index (χ2n) is 6.84. The molecule has 0 bridgehead atoms. The van der Waals surface area contributed by atoms with Gasteiger partial charge in [0, 0.05) is 28.9 Å². The van der Waals surface area contributed by atoms with E-state index in [1.165, 1.54) is 12.1 Å². The van der Waals surface area contributed by atoms with E-state index >= 15 is 0 Å². The van der Waals surface area contributed by atoms with E-state index in [9.17, 15) is 19.7 Å². The van der Waals surface area contributed by atoms with Crippen LogP contribution in [0.25, 0.3) is 0 Å². The van der Waals surface area contributed by atoms with Gasteiger partial charge >= 0.3 is 0 Å². The van der Waals surface area contributed by atoms with Crippen molar-refractivity contribution in [2.24, 2.45) is 5.10 Å². The number of nitrogens with one attached hydrogen (secondary N) is 2. The van der Waals surface area contributed by atoms with E-state index in [2.05, 4.69) is 15.8 Å². The first kappa shape index (κ1) is 21.4. The van der Waals surface area contributed by atoms with Gasteiger partial charge in [0.15, 0.2) is 0 Å². The SMILES string of the molecule is C/C(=N/NC(=O)c1cccc(NC(=O)c2ccc(C)cc2)c1)c1ccc([N+](=O)[O-])cc1. The Kier molecular flexibility index (Phi) is 6.51. The van der Waals surface area contributed by atoms with Crippen molar-refractivity contribution in [3.8, 4) is 0 Å². The Morgan fingerprint density at radius 3 is 2.16 bits per heavy atom. The third-order valence-corrected chi connectivity index (χ3v) is 4.52. The van der Waals surface area contributed by atoms with E-state index in [1.54, 1.807) is 55.5 Å². The molecule has 3 aromatic rings. The molecule has 156 valence electrons. The Balaban J connectivity index is 1.66. The Morgan fingerprint density at radius 2 is 1.52 bits per heavy atom. The molecule has 0 saturated carbocycles. The molecular formula is C23H20N4O4. The summed E-state index contributed by atoms with van der Waals surface area (Å²) in [4.78, 5) is 35.1. The van der Waals surface area contributed by atoms with Gasteiger partial charge in [-0.2, -0.15) is 5.10 Å². The summed E-state index contributed by atoms with van der Waals surface area (Å²) in [7, 11) is 0. The largest absolute Gasteiger partial charge is 0.322 e. The highest BCUT2D eigenvalue weighted by atomic mass is 16.6. The van der Waals surface area contributed by atoms with Crippen molar-refractivity contribution < 1.29 is 14.5 Å². The summed E-state index contributed by atoms with van der Waals surface area (Å²) in [6.45, 7) is 3.62. The van der Waals surface area contributed by atoms with Gasteiger partial charge in [-0.15, -0.1) is 0 Å².